The van der Waals surface area contributed by atoms with E-state index in [0.29, 0.717) is 58.0 Å². The lowest BCUT2D eigenvalue weighted by molar-refractivity contribution is 0.0730. The maximum absolute atomic E-state index is 12.9. The lowest BCUT2D eigenvalue weighted by Crippen LogP contribution is -2.49. The summed E-state index contributed by atoms with van der Waals surface area (Å²) in [6.45, 7) is 7.84. The SMILES string of the molecule is Cc1cc(N2CCN(C(=O)c3ccc(S(=O)(=O)N4CCOCC4)cc3)CC2)nc(C)n1. The average molecular weight is 446 g/mol. The smallest absolute Gasteiger partial charge is 0.253 e. The minimum absolute atomic E-state index is 0.0926. The topological polar surface area (TPSA) is 95.9 Å². The normalized spacial score (nSPS) is 18.3. The highest BCUT2D eigenvalue weighted by molar-refractivity contribution is 7.89. The molecule has 0 N–H and O–H groups in total. The molecule has 166 valence electrons. The number of carbonyl (C=O) groups is 1. The summed E-state index contributed by atoms with van der Waals surface area (Å²) in [5.41, 5.74) is 1.41. The van der Waals surface area contributed by atoms with Crippen molar-refractivity contribution in [1.29, 1.82) is 0 Å². The lowest BCUT2D eigenvalue weighted by Gasteiger charge is -2.35. The molecule has 31 heavy (non-hydrogen) atoms. The van der Waals surface area contributed by atoms with Crippen LogP contribution in [0.1, 0.15) is 21.9 Å². The number of aryl methyl sites for hydroxylation is 2. The van der Waals surface area contributed by atoms with Gasteiger partial charge in [-0.15, -0.1) is 0 Å². The predicted octanol–water partition coefficient (Wildman–Crippen LogP) is 1.08. The largest absolute Gasteiger partial charge is 0.379 e. The quantitative estimate of drug-likeness (QED) is 0.695. The molecule has 2 fully saturated rings. The molecule has 4 rings (SSSR count). The Morgan fingerprint density at radius 1 is 0.935 bits per heavy atom. The molecule has 1 amide bonds. The molecule has 1 aromatic carbocycles. The zero-order chi connectivity index (χ0) is 22.0. The van der Waals surface area contributed by atoms with Gasteiger partial charge in [0.2, 0.25) is 10.0 Å². The highest BCUT2D eigenvalue weighted by atomic mass is 32.2. The molecule has 0 spiro atoms. The number of rotatable bonds is 4. The van der Waals surface area contributed by atoms with Crippen LogP contribution in [-0.2, 0) is 14.8 Å². The molecule has 2 aromatic rings. The van der Waals surface area contributed by atoms with Gasteiger partial charge in [-0.3, -0.25) is 4.79 Å². The zero-order valence-corrected chi connectivity index (χ0v) is 18.6. The maximum atomic E-state index is 12.9. The fourth-order valence-electron chi connectivity index (χ4n) is 3.89. The number of hydrogen-bond acceptors (Lipinski definition) is 7. The third-order valence-electron chi connectivity index (χ3n) is 5.55. The molecule has 0 radical (unpaired) electrons. The van der Waals surface area contributed by atoms with Crippen molar-refractivity contribution in [2.45, 2.75) is 18.7 Å². The fraction of sp³-hybridized carbons (Fsp3) is 0.476. The van der Waals surface area contributed by atoms with Crippen molar-refractivity contribution in [3.05, 3.63) is 47.4 Å². The van der Waals surface area contributed by atoms with Crippen LogP contribution in [0.3, 0.4) is 0 Å². The van der Waals surface area contributed by atoms with Gasteiger partial charge in [-0.2, -0.15) is 4.31 Å². The van der Waals surface area contributed by atoms with Crippen LogP contribution in [-0.4, -0.2) is 86.0 Å². The summed E-state index contributed by atoms with van der Waals surface area (Å²) < 4.78 is 32.1. The average Bonchev–Trinajstić information content (AvgIpc) is 2.79. The Labute approximate surface area is 182 Å². The van der Waals surface area contributed by atoms with E-state index in [4.69, 9.17) is 4.74 Å². The van der Waals surface area contributed by atoms with Crippen LogP contribution in [0.4, 0.5) is 5.82 Å². The van der Waals surface area contributed by atoms with E-state index in [1.165, 1.54) is 16.4 Å². The molecule has 0 aliphatic carbocycles. The molecular weight excluding hydrogens is 418 g/mol. The third-order valence-corrected chi connectivity index (χ3v) is 7.47. The van der Waals surface area contributed by atoms with Crippen LogP contribution >= 0.6 is 0 Å². The number of morpholine rings is 1. The highest BCUT2D eigenvalue weighted by Crippen LogP contribution is 2.20. The number of hydrogen-bond donors (Lipinski definition) is 0. The van der Waals surface area contributed by atoms with E-state index in [2.05, 4.69) is 14.9 Å². The van der Waals surface area contributed by atoms with Crippen molar-refractivity contribution in [3.63, 3.8) is 0 Å². The summed E-state index contributed by atoms with van der Waals surface area (Å²) in [7, 11) is -3.56. The summed E-state index contributed by atoms with van der Waals surface area (Å²) >= 11 is 0. The number of carbonyl (C=O) groups excluding carboxylic acids is 1. The Hall–Kier alpha value is -2.56. The van der Waals surface area contributed by atoms with Crippen molar-refractivity contribution >= 4 is 21.7 Å². The van der Waals surface area contributed by atoms with E-state index in [0.717, 1.165) is 17.3 Å². The molecule has 1 aromatic heterocycles. The van der Waals surface area contributed by atoms with Gasteiger partial charge < -0.3 is 14.5 Å². The number of sulfonamides is 1. The van der Waals surface area contributed by atoms with Crippen LogP contribution < -0.4 is 4.90 Å². The minimum atomic E-state index is -3.56. The maximum Gasteiger partial charge on any atom is 0.253 e. The van der Waals surface area contributed by atoms with Gasteiger partial charge in [0.1, 0.15) is 11.6 Å². The van der Waals surface area contributed by atoms with Crippen molar-refractivity contribution in [2.75, 3.05) is 57.4 Å². The van der Waals surface area contributed by atoms with Crippen molar-refractivity contribution in [1.82, 2.24) is 19.2 Å². The molecule has 2 aliphatic rings. The predicted molar refractivity (Wildman–Crippen MR) is 116 cm³/mol. The van der Waals surface area contributed by atoms with E-state index in [-0.39, 0.29) is 10.8 Å². The fourth-order valence-corrected chi connectivity index (χ4v) is 5.29. The Morgan fingerprint density at radius 2 is 1.58 bits per heavy atom. The molecule has 0 saturated carbocycles. The van der Waals surface area contributed by atoms with Crippen molar-refractivity contribution in [2.24, 2.45) is 0 Å². The van der Waals surface area contributed by atoms with E-state index < -0.39 is 10.0 Å². The minimum Gasteiger partial charge on any atom is -0.379 e. The number of amides is 1. The number of piperazine rings is 1. The van der Waals surface area contributed by atoms with E-state index >= 15 is 0 Å². The first kappa shape index (κ1) is 21.7. The van der Waals surface area contributed by atoms with Crippen molar-refractivity contribution in [3.8, 4) is 0 Å². The van der Waals surface area contributed by atoms with Gasteiger partial charge in [-0.25, -0.2) is 18.4 Å². The summed E-state index contributed by atoms with van der Waals surface area (Å²) in [6, 6.07) is 8.18. The first-order chi connectivity index (χ1) is 14.8. The van der Waals surface area contributed by atoms with Crippen LogP contribution in [0.25, 0.3) is 0 Å². The molecule has 0 unspecified atom stereocenters. The Balaban J connectivity index is 1.40. The number of nitrogens with zero attached hydrogens (tertiary/aromatic N) is 5. The van der Waals surface area contributed by atoms with Crippen LogP contribution in [0.2, 0.25) is 0 Å². The molecule has 0 bridgehead atoms. The second kappa shape index (κ2) is 8.89. The highest BCUT2D eigenvalue weighted by Gasteiger charge is 2.27. The van der Waals surface area contributed by atoms with Gasteiger partial charge in [0, 0.05) is 56.6 Å². The molecule has 2 saturated heterocycles. The number of benzene rings is 1. The summed E-state index contributed by atoms with van der Waals surface area (Å²) in [4.78, 5) is 25.9. The summed E-state index contributed by atoms with van der Waals surface area (Å²) in [6.07, 6.45) is 0. The lowest BCUT2D eigenvalue weighted by atomic mass is 10.2. The van der Waals surface area contributed by atoms with Crippen molar-refractivity contribution < 1.29 is 17.9 Å². The monoisotopic (exact) mass is 445 g/mol. The molecule has 3 heterocycles. The zero-order valence-electron chi connectivity index (χ0n) is 17.8. The van der Waals surface area contributed by atoms with E-state index in [1.807, 2.05) is 19.9 Å². The Kier molecular flexibility index (Phi) is 6.22. The molecular formula is C21H27N5O4S. The second-order valence-corrected chi connectivity index (χ2v) is 9.67. The molecule has 9 nitrogen and oxygen atoms in total. The van der Waals surface area contributed by atoms with Crippen LogP contribution in [0, 0.1) is 13.8 Å². The summed E-state index contributed by atoms with van der Waals surface area (Å²) in [5.74, 6) is 1.53. The molecule has 2 aliphatic heterocycles. The van der Waals surface area contributed by atoms with Gasteiger partial charge in [0.15, 0.2) is 0 Å². The Bertz CT molecular complexity index is 1020. The van der Waals surface area contributed by atoms with Gasteiger partial charge in [0.25, 0.3) is 5.91 Å². The van der Waals surface area contributed by atoms with Gasteiger partial charge in [0.05, 0.1) is 18.1 Å². The van der Waals surface area contributed by atoms with Gasteiger partial charge >= 0.3 is 0 Å². The van der Waals surface area contributed by atoms with E-state index in [1.54, 1.807) is 17.0 Å². The third kappa shape index (κ3) is 4.70. The summed E-state index contributed by atoms with van der Waals surface area (Å²) in [5, 5.41) is 0. The van der Waals surface area contributed by atoms with E-state index in [9.17, 15) is 13.2 Å². The Morgan fingerprint density at radius 3 is 2.19 bits per heavy atom. The molecule has 0 atom stereocenters. The number of ether oxygens (including phenoxy) is 1. The number of aromatic nitrogens is 2. The standard InChI is InChI=1S/C21H27N5O4S/c1-16-15-20(23-17(2)22-16)24-7-9-25(10-8-24)21(27)18-3-5-19(6-4-18)31(28,29)26-11-13-30-14-12-26/h3-6,15H,7-14H2,1-2H3. The van der Waals surface area contributed by atoms with Crippen LogP contribution in [0.15, 0.2) is 35.2 Å². The molecule has 10 heteroatoms. The van der Waals surface area contributed by atoms with Crippen LogP contribution in [0.5, 0.6) is 0 Å². The first-order valence-corrected chi connectivity index (χ1v) is 11.8. The second-order valence-electron chi connectivity index (χ2n) is 7.73. The number of anilines is 1. The first-order valence-electron chi connectivity index (χ1n) is 10.4. The van der Waals surface area contributed by atoms with Gasteiger partial charge in [-0.1, -0.05) is 0 Å². The van der Waals surface area contributed by atoms with Gasteiger partial charge in [-0.05, 0) is 38.1 Å².